The summed E-state index contributed by atoms with van der Waals surface area (Å²) >= 11 is 6.29. The van der Waals surface area contributed by atoms with Crippen LogP contribution >= 0.6 is 11.6 Å². The van der Waals surface area contributed by atoms with Crippen LogP contribution in [0.25, 0.3) is 0 Å². The molecule has 0 spiro atoms. The molecule has 2 aromatic heterocycles. The van der Waals surface area contributed by atoms with Gasteiger partial charge in [-0.05, 0) is 38.1 Å². The molecule has 1 atom stereocenters. The summed E-state index contributed by atoms with van der Waals surface area (Å²) in [6.45, 7) is 5.04. The molecule has 102 valence electrons. The molecule has 0 aliphatic heterocycles. The Morgan fingerprint density at radius 3 is 2.89 bits per heavy atom. The van der Waals surface area contributed by atoms with Crippen molar-refractivity contribution in [3.8, 4) is 0 Å². The number of nitrogens with one attached hydrogen (secondary N) is 1. The molecule has 0 aromatic carbocycles. The highest BCUT2D eigenvalue weighted by atomic mass is 35.5. The van der Waals surface area contributed by atoms with Crippen LogP contribution in [0.4, 0.5) is 0 Å². The van der Waals surface area contributed by atoms with E-state index in [0.717, 1.165) is 24.4 Å². The quantitative estimate of drug-likeness (QED) is 0.914. The lowest BCUT2D eigenvalue weighted by Gasteiger charge is -2.18. The Kier molecular flexibility index (Phi) is 4.56. The average Bonchev–Trinajstić information content (AvgIpc) is 2.74. The van der Waals surface area contributed by atoms with Gasteiger partial charge in [0.15, 0.2) is 0 Å². The lowest BCUT2D eigenvalue weighted by molar-refractivity contribution is 0.529. The van der Waals surface area contributed by atoms with Crippen LogP contribution in [0.1, 0.15) is 36.3 Å². The Hall–Kier alpha value is -1.39. The molecular weight excluding hydrogens is 260 g/mol. The number of hydrogen-bond acceptors (Lipinski definition) is 3. The molecule has 5 heteroatoms. The third-order valence-corrected chi connectivity index (χ3v) is 3.35. The van der Waals surface area contributed by atoms with Gasteiger partial charge in [-0.3, -0.25) is 9.67 Å². The molecule has 19 heavy (non-hydrogen) atoms. The number of aryl methyl sites for hydroxylation is 2. The van der Waals surface area contributed by atoms with Crippen LogP contribution in [0.5, 0.6) is 0 Å². The molecule has 1 N–H and O–H groups in total. The summed E-state index contributed by atoms with van der Waals surface area (Å²) in [5, 5.41) is 8.30. The normalized spacial score (nSPS) is 12.6. The molecule has 0 bridgehead atoms. The molecule has 0 amide bonds. The summed E-state index contributed by atoms with van der Waals surface area (Å²) in [5.74, 6) is 0. The minimum atomic E-state index is -0.0403. The monoisotopic (exact) mass is 278 g/mol. The van der Waals surface area contributed by atoms with Crippen molar-refractivity contribution < 1.29 is 0 Å². The molecule has 2 rings (SSSR count). The number of pyridine rings is 1. The smallest absolute Gasteiger partial charge is 0.0934 e. The SMILES string of the molecule is CCCn1ncc(Cl)c1C(NC)c1cc(C)ccn1. The molecule has 0 saturated carbocycles. The maximum absolute atomic E-state index is 6.29. The molecule has 4 nitrogen and oxygen atoms in total. The van der Waals surface area contributed by atoms with Gasteiger partial charge in [-0.25, -0.2) is 0 Å². The molecule has 0 saturated heterocycles. The van der Waals surface area contributed by atoms with Crippen molar-refractivity contribution in [1.29, 1.82) is 0 Å². The molecular formula is C14H19ClN4. The predicted octanol–water partition coefficient (Wildman–Crippen LogP) is 2.96. The minimum absolute atomic E-state index is 0.0403. The van der Waals surface area contributed by atoms with Crippen LogP contribution < -0.4 is 5.32 Å². The van der Waals surface area contributed by atoms with Gasteiger partial charge in [0.1, 0.15) is 0 Å². The Morgan fingerprint density at radius 1 is 1.47 bits per heavy atom. The van der Waals surface area contributed by atoms with Gasteiger partial charge in [0.2, 0.25) is 0 Å². The zero-order valence-corrected chi connectivity index (χ0v) is 12.3. The molecule has 0 aliphatic carbocycles. The number of nitrogens with zero attached hydrogens (tertiary/aromatic N) is 3. The van der Waals surface area contributed by atoms with Crippen LogP contribution in [0.3, 0.4) is 0 Å². The molecule has 2 aromatic rings. The van der Waals surface area contributed by atoms with Crippen molar-refractivity contribution >= 4 is 11.6 Å². The van der Waals surface area contributed by atoms with Crippen molar-refractivity contribution in [1.82, 2.24) is 20.1 Å². The molecule has 1 unspecified atom stereocenters. The summed E-state index contributed by atoms with van der Waals surface area (Å²) in [6.07, 6.45) is 4.54. The topological polar surface area (TPSA) is 42.7 Å². The maximum atomic E-state index is 6.29. The van der Waals surface area contributed by atoms with Gasteiger partial charge in [0.05, 0.1) is 28.6 Å². The lowest BCUT2D eigenvalue weighted by Crippen LogP contribution is -2.23. The Balaban J connectivity index is 2.44. The van der Waals surface area contributed by atoms with E-state index in [1.54, 1.807) is 6.20 Å². The molecule has 0 fully saturated rings. The van der Waals surface area contributed by atoms with E-state index in [2.05, 4.69) is 35.3 Å². The van der Waals surface area contributed by atoms with Crippen molar-refractivity contribution in [2.75, 3.05) is 7.05 Å². The minimum Gasteiger partial charge on any atom is -0.307 e. The Bertz CT molecular complexity index is 550. The van der Waals surface area contributed by atoms with Crippen molar-refractivity contribution in [3.63, 3.8) is 0 Å². The molecule has 2 heterocycles. The van der Waals surface area contributed by atoms with Crippen LogP contribution in [-0.2, 0) is 6.54 Å². The van der Waals surface area contributed by atoms with Gasteiger partial charge in [0.25, 0.3) is 0 Å². The van der Waals surface area contributed by atoms with Gasteiger partial charge in [-0.15, -0.1) is 0 Å². The third-order valence-electron chi connectivity index (χ3n) is 3.06. The fourth-order valence-corrected chi connectivity index (χ4v) is 2.44. The summed E-state index contributed by atoms with van der Waals surface area (Å²) in [4.78, 5) is 4.45. The van der Waals surface area contributed by atoms with E-state index in [0.29, 0.717) is 5.02 Å². The zero-order valence-electron chi connectivity index (χ0n) is 11.5. The maximum Gasteiger partial charge on any atom is 0.0934 e. The third kappa shape index (κ3) is 2.96. The van der Waals surface area contributed by atoms with E-state index in [-0.39, 0.29) is 6.04 Å². The van der Waals surface area contributed by atoms with Crippen molar-refractivity contribution in [2.24, 2.45) is 0 Å². The van der Waals surface area contributed by atoms with E-state index >= 15 is 0 Å². The Labute approximate surface area is 118 Å². The summed E-state index contributed by atoms with van der Waals surface area (Å²) in [5.41, 5.74) is 3.12. The number of rotatable bonds is 5. The number of aromatic nitrogens is 3. The first-order chi connectivity index (χ1) is 9.17. The van der Waals surface area contributed by atoms with Crippen molar-refractivity contribution in [2.45, 2.75) is 32.9 Å². The van der Waals surface area contributed by atoms with Gasteiger partial charge in [0, 0.05) is 12.7 Å². The fourth-order valence-electron chi connectivity index (χ4n) is 2.19. The second kappa shape index (κ2) is 6.17. The van der Waals surface area contributed by atoms with E-state index in [1.807, 2.05) is 24.0 Å². The highest BCUT2D eigenvalue weighted by Crippen LogP contribution is 2.27. The highest BCUT2D eigenvalue weighted by Gasteiger charge is 2.21. The zero-order chi connectivity index (χ0) is 13.8. The number of hydrogen-bond donors (Lipinski definition) is 1. The fraction of sp³-hybridized carbons (Fsp3) is 0.429. The average molecular weight is 279 g/mol. The van der Waals surface area contributed by atoms with Crippen LogP contribution in [-0.4, -0.2) is 21.8 Å². The van der Waals surface area contributed by atoms with E-state index in [4.69, 9.17) is 11.6 Å². The van der Waals surface area contributed by atoms with Crippen molar-refractivity contribution in [3.05, 3.63) is 46.5 Å². The van der Waals surface area contributed by atoms with E-state index in [1.165, 1.54) is 5.56 Å². The lowest BCUT2D eigenvalue weighted by atomic mass is 10.1. The molecule has 0 aliphatic rings. The summed E-state index contributed by atoms with van der Waals surface area (Å²) in [7, 11) is 1.91. The van der Waals surface area contributed by atoms with Gasteiger partial charge >= 0.3 is 0 Å². The predicted molar refractivity (Wildman–Crippen MR) is 77.4 cm³/mol. The second-order valence-electron chi connectivity index (χ2n) is 4.58. The van der Waals surface area contributed by atoms with E-state index in [9.17, 15) is 0 Å². The van der Waals surface area contributed by atoms with Gasteiger partial charge in [-0.1, -0.05) is 18.5 Å². The largest absolute Gasteiger partial charge is 0.307 e. The van der Waals surface area contributed by atoms with E-state index < -0.39 is 0 Å². The summed E-state index contributed by atoms with van der Waals surface area (Å²) in [6, 6.07) is 4.02. The Morgan fingerprint density at radius 2 is 2.26 bits per heavy atom. The standard InChI is InChI=1S/C14H19ClN4/c1-4-7-19-14(11(15)9-18-19)13(16-3)12-8-10(2)5-6-17-12/h5-6,8-9,13,16H,4,7H2,1-3H3. The van der Waals surface area contributed by atoms with Crippen LogP contribution in [0.15, 0.2) is 24.5 Å². The first kappa shape index (κ1) is 14.0. The second-order valence-corrected chi connectivity index (χ2v) is 4.99. The first-order valence-corrected chi connectivity index (χ1v) is 6.86. The van der Waals surface area contributed by atoms with Gasteiger partial charge < -0.3 is 5.32 Å². The first-order valence-electron chi connectivity index (χ1n) is 6.48. The van der Waals surface area contributed by atoms with Crippen LogP contribution in [0.2, 0.25) is 5.02 Å². The number of halogens is 1. The van der Waals surface area contributed by atoms with Gasteiger partial charge in [-0.2, -0.15) is 5.10 Å². The highest BCUT2D eigenvalue weighted by molar-refractivity contribution is 6.31. The molecule has 0 radical (unpaired) electrons. The van der Waals surface area contributed by atoms with Crippen LogP contribution in [0, 0.1) is 6.92 Å². The summed E-state index contributed by atoms with van der Waals surface area (Å²) < 4.78 is 1.95.